The average Bonchev–Trinajstić information content (AvgIpc) is 2.55. The minimum absolute atomic E-state index is 0.418. The highest BCUT2D eigenvalue weighted by Gasteiger charge is 2.08. The molecule has 92 valence electrons. The molecule has 0 aliphatic heterocycles. The molecule has 17 heavy (non-hydrogen) atoms. The lowest BCUT2D eigenvalue weighted by molar-refractivity contribution is 0.152. The Kier molecular flexibility index (Phi) is 3.86. The molecule has 1 heterocycles. The van der Waals surface area contributed by atoms with Gasteiger partial charge >= 0.3 is 0 Å². The van der Waals surface area contributed by atoms with Crippen LogP contribution in [0.15, 0.2) is 18.2 Å². The minimum Gasteiger partial charge on any atom is -0.384 e. The number of halogens is 1. The highest BCUT2D eigenvalue weighted by molar-refractivity contribution is 7.71. The van der Waals surface area contributed by atoms with Crippen molar-refractivity contribution < 1.29 is 4.74 Å². The zero-order chi connectivity index (χ0) is 12.4. The van der Waals surface area contributed by atoms with Crippen molar-refractivity contribution in [3.8, 4) is 0 Å². The zero-order valence-electron chi connectivity index (χ0n) is 9.87. The van der Waals surface area contributed by atoms with Crippen molar-refractivity contribution in [3.05, 3.63) is 28.0 Å². The highest BCUT2D eigenvalue weighted by Crippen LogP contribution is 2.20. The van der Waals surface area contributed by atoms with E-state index in [-0.39, 0.29) is 0 Å². The molecule has 2 rings (SSSR count). The van der Waals surface area contributed by atoms with Gasteiger partial charge in [0.2, 0.25) is 0 Å². The molecule has 0 aliphatic carbocycles. The van der Waals surface area contributed by atoms with Crippen LogP contribution in [-0.2, 0) is 11.3 Å². The van der Waals surface area contributed by atoms with Gasteiger partial charge in [-0.25, -0.2) is 0 Å². The van der Waals surface area contributed by atoms with E-state index in [1.54, 1.807) is 7.11 Å². The summed E-state index contributed by atoms with van der Waals surface area (Å²) in [6.07, 6.45) is 0. The third-order valence-corrected chi connectivity index (χ3v) is 3.24. The Labute approximate surface area is 110 Å². The Balaban J connectivity index is 2.40. The second-order valence-corrected chi connectivity index (χ2v) is 5.09. The number of nitrogens with one attached hydrogen (secondary N) is 1. The fourth-order valence-electron chi connectivity index (χ4n) is 1.97. The van der Waals surface area contributed by atoms with E-state index in [2.05, 4.69) is 16.5 Å². The van der Waals surface area contributed by atoms with Gasteiger partial charge in [0, 0.05) is 18.7 Å². The molecule has 1 N–H and O–H groups in total. The van der Waals surface area contributed by atoms with Gasteiger partial charge in [-0.05, 0) is 36.3 Å². The van der Waals surface area contributed by atoms with E-state index in [1.165, 1.54) is 0 Å². The van der Waals surface area contributed by atoms with E-state index in [0.29, 0.717) is 10.9 Å². The Morgan fingerprint density at radius 1 is 1.53 bits per heavy atom. The number of benzene rings is 1. The number of methoxy groups -OCH3 is 1. The topological polar surface area (TPSA) is 29.9 Å². The molecule has 1 unspecified atom stereocenters. The summed E-state index contributed by atoms with van der Waals surface area (Å²) in [4.78, 5) is 3.17. The van der Waals surface area contributed by atoms with E-state index >= 15 is 0 Å². The van der Waals surface area contributed by atoms with Crippen LogP contribution in [0.25, 0.3) is 11.0 Å². The van der Waals surface area contributed by atoms with Crippen LogP contribution in [-0.4, -0.2) is 23.3 Å². The van der Waals surface area contributed by atoms with Crippen molar-refractivity contribution in [3.63, 3.8) is 0 Å². The minimum atomic E-state index is 0.418. The Morgan fingerprint density at radius 3 is 3.00 bits per heavy atom. The maximum atomic E-state index is 5.95. The van der Waals surface area contributed by atoms with E-state index < -0.39 is 0 Å². The van der Waals surface area contributed by atoms with Gasteiger partial charge in [-0.1, -0.05) is 18.5 Å². The molecule has 2 aromatic rings. The Bertz CT molecular complexity index is 575. The summed E-state index contributed by atoms with van der Waals surface area (Å²) < 4.78 is 7.96. The number of imidazole rings is 1. The lowest BCUT2D eigenvalue weighted by Gasteiger charge is -2.11. The summed E-state index contributed by atoms with van der Waals surface area (Å²) in [5.74, 6) is 0.418. The maximum absolute atomic E-state index is 5.95. The SMILES string of the molecule is COCC(C)Cn1c(=S)[nH]c2cc(Cl)ccc21. The van der Waals surface area contributed by atoms with Gasteiger partial charge in [-0.3, -0.25) is 0 Å². The second-order valence-electron chi connectivity index (χ2n) is 4.26. The Morgan fingerprint density at radius 2 is 2.29 bits per heavy atom. The zero-order valence-corrected chi connectivity index (χ0v) is 11.4. The summed E-state index contributed by atoms with van der Waals surface area (Å²) in [6, 6.07) is 5.76. The molecule has 3 nitrogen and oxygen atoms in total. The standard InChI is InChI=1S/C12H15ClN2OS/c1-8(7-16-2)6-15-11-4-3-9(13)5-10(11)14-12(15)17/h3-5,8H,6-7H2,1-2H3,(H,14,17). The number of rotatable bonds is 4. The quantitative estimate of drug-likeness (QED) is 0.860. The molecular weight excluding hydrogens is 256 g/mol. The Hall–Kier alpha value is -0.840. The monoisotopic (exact) mass is 270 g/mol. The second kappa shape index (κ2) is 5.21. The summed E-state index contributed by atoms with van der Waals surface area (Å²) in [7, 11) is 1.71. The van der Waals surface area contributed by atoms with Crippen molar-refractivity contribution in [2.75, 3.05) is 13.7 Å². The lowest BCUT2D eigenvalue weighted by atomic mass is 10.2. The van der Waals surface area contributed by atoms with Gasteiger partial charge in [0.15, 0.2) is 4.77 Å². The number of aromatic amines is 1. The number of aromatic nitrogens is 2. The summed E-state index contributed by atoms with van der Waals surface area (Å²) >= 11 is 11.3. The van der Waals surface area contributed by atoms with Crippen LogP contribution in [0.1, 0.15) is 6.92 Å². The molecular formula is C12H15ClN2OS. The lowest BCUT2D eigenvalue weighted by Crippen LogP contribution is -2.12. The van der Waals surface area contributed by atoms with Crippen molar-refractivity contribution in [2.45, 2.75) is 13.5 Å². The molecule has 0 spiro atoms. The third-order valence-electron chi connectivity index (χ3n) is 2.68. The third kappa shape index (κ3) is 2.70. The van der Waals surface area contributed by atoms with Crippen LogP contribution in [0.5, 0.6) is 0 Å². The van der Waals surface area contributed by atoms with Crippen molar-refractivity contribution in [1.29, 1.82) is 0 Å². The van der Waals surface area contributed by atoms with E-state index in [0.717, 1.165) is 29.0 Å². The summed E-state index contributed by atoms with van der Waals surface area (Å²) in [5.41, 5.74) is 2.06. The van der Waals surface area contributed by atoms with Gasteiger partial charge in [0.05, 0.1) is 17.6 Å². The van der Waals surface area contributed by atoms with Crippen LogP contribution >= 0.6 is 23.8 Å². The first-order valence-electron chi connectivity index (χ1n) is 5.49. The molecule has 0 saturated heterocycles. The molecule has 1 atom stereocenters. The summed E-state index contributed by atoms with van der Waals surface area (Å²) in [6.45, 7) is 3.70. The van der Waals surface area contributed by atoms with Crippen LogP contribution < -0.4 is 0 Å². The van der Waals surface area contributed by atoms with E-state index in [4.69, 9.17) is 28.6 Å². The molecule has 0 fully saturated rings. The smallest absolute Gasteiger partial charge is 0.178 e. The largest absolute Gasteiger partial charge is 0.384 e. The van der Waals surface area contributed by atoms with Crippen LogP contribution in [0, 0.1) is 10.7 Å². The predicted molar refractivity (Wildman–Crippen MR) is 73.2 cm³/mol. The number of H-pyrrole nitrogens is 1. The number of hydrogen-bond donors (Lipinski definition) is 1. The van der Waals surface area contributed by atoms with Crippen molar-refractivity contribution >= 4 is 34.9 Å². The molecule has 1 aromatic carbocycles. The number of fused-ring (bicyclic) bond motifs is 1. The van der Waals surface area contributed by atoms with Crippen molar-refractivity contribution in [1.82, 2.24) is 9.55 Å². The molecule has 0 amide bonds. The van der Waals surface area contributed by atoms with Crippen LogP contribution in [0.2, 0.25) is 5.02 Å². The number of ether oxygens (including phenoxy) is 1. The van der Waals surface area contributed by atoms with Gasteiger partial charge in [-0.15, -0.1) is 0 Å². The van der Waals surface area contributed by atoms with E-state index in [1.807, 2.05) is 18.2 Å². The molecule has 5 heteroatoms. The van der Waals surface area contributed by atoms with Gasteiger partial charge in [-0.2, -0.15) is 0 Å². The van der Waals surface area contributed by atoms with Gasteiger partial charge in [0.1, 0.15) is 0 Å². The number of nitrogens with zero attached hydrogens (tertiary/aromatic N) is 1. The van der Waals surface area contributed by atoms with Crippen LogP contribution in [0.3, 0.4) is 0 Å². The molecule has 0 radical (unpaired) electrons. The first-order valence-corrected chi connectivity index (χ1v) is 6.27. The summed E-state index contributed by atoms with van der Waals surface area (Å²) in [5, 5.41) is 0.714. The molecule has 0 bridgehead atoms. The van der Waals surface area contributed by atoms with Gasteiger partial charge < -0.3 is 14.3 Å². The average molecular weight is 271 g/mol. The first kappa shape index (κ1) is 12.6. The fraction of sp³-hybridized carbons (Fsp3) is 0.417. The van der Waals surface area contributed by atoms with Crippen LogP contribution in [0.4, 0.5) is 0 Å². The molecule has 1 aromatic heterocycles. The fourth-order valence-corrected chi connectivity index (χ4v) is 2.42. The highest BCUT2D eigenvalue weighted by atomic mass is 35.5. The first-order chi connectivity index (χ1) is 8.11. The number of hydrogen-bond acceptors (Lipinski definition) is 2. The van der Waals surface area contributed by atoms with Crippen molar-refractivity contribution in [2.24, 2.45) is 5.92 Å². The normalized spacial score (nSPS) is 13.1. The maximum Gasteiger partial charge on any atom is 0.178 e. The molecule has 0 saturated carbocycles. The van der Waals surface area contributed by atoms with Gasteiger partial charge in [0.25, 0.3) is 0 Å². The predicted octanol–water partition coefficient (Wildman–Crippen LogP) is 3.63. The van der Waals surface area contributed by atoms with E-state index in [9.17, 15) is 0 Å². The molecule has 0 aliphatic rings.